The third kappa shape index (κ3) is 5.86. The van der Waals surface area contributed by atoms with Gasteiger partial charge in [0.15, 0.2) is 0 Å². The lowest BCUT2D eigenvalue weighted by Crippen LogP contribution is -2.33. The van der Waals surface area contributed by atoms with Crippen molar-refractivity contribution < 1.29 is 23.0 Å². The number of hydrogen-bond acceptors (Lipinski definition) is 7. The van der Waals surface area contributed by atoms with Crippen molar-refractivity contribution in [1.82, 2.24) is 30.2 Å². The van der Waals surface area contributed by atoms with Crippen LogP contribution in [0.5, 0.6) is 11.6 Å². The number of hydrogen-bond donors (Lipinski definition) is 1. The van der Waals surface area contributed by atoms with E-state index >= 15 is 0 Å². The minimum atomic E-state index is -4.48. The van der Waals surface area contributed by atoms with E-state index in [0.717, 1.165) is 17.7 Å². The van der Waals surface area contributed by atoms with Crippen molar-refractivity contribution in [1.29, 1.82) is 0 Å². The van der Waals surface area contributed by atoms with Gasteiger partial charge >= 0.3 is 6.18 Å². The van der Waals surface area contributed by atoms with Crippen LogP contribution in [0.25, 0.3) is 0 Å². The molecule has 1 N–H and O–H groups in total. The summed E-state index contributed by atoms with van der Waals surface area (Å²) in [6.45, 7) is 0.0568. The molecule has 1 atom stereocenters. The minimum absolute atomic E-state index is 0.0192. The molecule has 8 nitrogen and oxygen atoms in total. The Bertz CT molecular complexity index is 1200. The van der Waals surface area contributed by atoms with Crippen LogP contribution in [-0.2, 0) is 24.7 Å². The maximum absolute atomic E-state index is 12.7. The highest BCUT2D eigenvalue weighted by Crippen LogP contribution is 2.31. The van der Waals surface area contributed by atoms with Crippen LogP contribution >= 0.6 is 11.6 Å². The second kappa shape index (κ2) is 9.74. The van der Waals surface area contributed by atoms with Gasteiger partial charge in [0.05, 0.1) is 24.0 Å². The fraction of sp³-hybridized carbons (Fsp3) is 0.227. The van der Waals surface area contributed by atoms with Crippen molar-refractivity contribution in [2.75, 3.05) is 0 Å². The van der Waals surface area contributed by atoms with Crippen LogP contribution in [0.15, 0.2) is 67.3 Å². The van der Waals surface area contributed by atoms with Gasteiger partial charge in [-0.25, -0.2) is 9.67 Å². The van der Waals surface area contributed by atoms with Crippen LogP contribution in [0.2, 0.25) is 5.02 Å². The smallest absolute Gasteiger partial charge is 0.417 e. The average Bonchev–Trinajstić information content (AvgIpc) is 3.32. The first-order valence-corrected chi connectivity index (χ1v) is 10.4. The van der Waals surface area contributed by atoms with E-state index in [9.17, 15) is 18.3 Å². The highest BCUT2D eigenvalue weighted by Gasteiger charge is 2.32. The maximum Gasteiger partial charge on any atom is 0.417 e. The topological polar surface area (TPSA) is 98.8 Å². The van der Waals surface area contributed by atoms with Gasteiger partial charge in [0.2, 0.25) is 5.88 Å². The van der Waals surface area contributed by atoms with Crippen molar-refractivity contribution in [2.45, 2.75) is 31.2 Å². The van der Waals surface area contributed by atoms with Gasteiger partial charge in [0, 0.05) is 17.3 Å². The summed E-state index contributed by atoms with van der Waals surface area (Å²) in [5.74, 6) is 0.229. The SMILES string of the molecule is OC(CCc1ccc(Cl)cc1)(Cn1cnnn1)c1ccc(Oc2ccc(C(F)(F)F)cn2)cn1. The first-order valence-electron chi connectivity index (χ1n) is 10.1. The van der Waals surface area contributed by atoms with Crippen molar-refractivity contribution in [3.63, 3.8) is 0 Å². The van der Waals surface area contributed by atoms with E-state index in [1.165, 1.54) is 17.2 Å². The Hall–Kier alpha value is -3.57. The lowest BCUT2D eigenvalue weighted by atomic mass is 9.91. The predicted octanol–water partition coefficient (Wildman–Crippen LogP) is 4.45. The summed E-state index contributed by atoms with van der Waals surface area (Å²) < 4.78 is 45.0. The molecule has 0 saturated carbocycles. The lowest BCUT2D eigenvalue weighted by Gasteiger charge is -2.27. The van der Waals surface area contributed by atoms with Gasteiger partial charge in [-0.1, -0.05) is 23.7 Å². The Kier molecular flexibility index (Phi) is 6.75. The number of ether oxygens (including phenoxy) is 1. The summed E-state index contributed by atoms with van der Waals surface area (Å²) in [5.41, 5.74) is -0.959. The number of aromatic nitrogens is 6. The molecule has 0 aliphatic heterocycles. The summed E-state index contributed by atoms with van der Waals surface area (Å²) in [5, 5.41) is 23.1. The van der Waals surface area contributed by atoms with Gasteiger partial charge in [-0.15, -0.1) is 5.10 Å². The van der Waals surface area contributed by atoms with Crippen LogP contribution in [0, 0.1) is 0 Å². The van der Waals surface area contributed by atoms with E-state index in [1.54, 1.807) is 24.3 Å². The van der Waals surface area contributed by atoms with Gasteiger partial charge < -0.3 is 9.84 Å². The molecule has 0 bridgehead atoms. The number of alkyl halides is 3. The molecule has 34 heavy (non-hydrogen) atoms. The highest BCUT2D eigenvalue weighted by molar-refractivity contribution is 6.30. The number of benzene rings is 1. The maximum atomic E-state index is 12.7. The number of aryl methyl sites for hydroxylation is 1. The fourth-order valence-electron chi connectivity index (χ4n) is 3.26. The van der Waals surface area contributed by atoms with Gasteiger partial charge in [0.25, 0.3) is 0 Å². The van der Waals surface area contributed by atoms with Crippen molar-refractivity contribution in [3.8, 4) is 11.6 Å². The zero-order chi connectivity index (χ0) is 24.2. The lowest BCUT2D eigenvalue weighted by molar-refractivity contribution is -0.137. The Balaban J connectivity index is 1.51. The van der Waals surface area contributed by atoms with Crippen LogP contribution < -0.4 is 4.74 Å². The molecule has 0 aliphatic rings. The van der Waals surface area contributed by atoms with E-state index in [0.29, 0.717) is 29.8 Å². The predicted molar refractivity (Wildman–Crippen MR) is 115 cm³/mol. The summed E-state index contributed by atoms with van der Waals surface area (Å²) >= 11 is 5.94. The molecular formula is C22H18ClF3N6O2. The second-order valence-electron chi connectivity index (χ2n) is 7.53. The van der Waals surface area contributed by atoms with Crippen molar-refractivity contribution in [3.05, 3.63) is 89.1 Å². The largest absolute Gasteiger partial charge is 0.437 e. The Labute approximate surface area is 197 Å². The first-order chi connectivity index (χ1) is 16.2. The summed E-state index contributed by atoms with van der Waals surface area (Å²) in [4.78, 5) is 8.00. The molecule has 0 fully saturated rings. The van der Waals surface area contributed by atoms with Gasteiger partial charge in [-0.3, -0.25) is 4.98 Å². The molecule has 0 amide bonds. The third-order valence-corrected chi connectivity index (χ3v) is 5.31. The minimum Gasteiger partial charge on any atom is -0.437 e. The Morgan fingerprint density at radius 2 is 1.76 bits per heavy atom. The number of rotatable bonds is 8. The van der Waals surface area contributed by atoms with Gasteiger partial charge in [-0.2, -0.15) is 13.2 Å². The molecule has 4 rings (SSSR count). The Morgan fingerprint density at radius 3 is 2.35 bits per heavy atom. The average molecular weight is 491 g/mol. The summed E-state index contributed by atoms with van der Waals surface area (Å²) in [6, 6.07) is 12.4. The second-order valence-corrected chi connectivity index (χ2v) is 7.97. The molecular weight excluding hydrogens is 473 g/mol. The number of nitrogens with zero attached hydrogens (tertiary/aromatic N) is 6. The van der Waals surface area contributed by atoms with E-state index in [1.807, 2.05) is 12.1 Å². The first kappa shape index (κ1) is 23.6. The molecule has 12 heteroatoms. The van der Waals surface area contributed by atoms with E-state index in [-0.39, 0.29) is 18.2 Å². The molecule has 3 heterocycles. The highest BCUT2D eigenvalue weighted by atomic mass is 35.5. The zero-order valence-corrected chi connectivity index (χ0v) is 18.3. The number of aliphatic hydroxyl groups is 1. The number of halogens is 4. The monoisotopic (exact) mass is 490 g/mol. The van der Waals surface area contributed by atoms with Gasteiger partial charge in [-0.05, 0) is 59.2 Å². The molecule has 176 valence electrons. The number of tetrazole rings is 1. The van der Waals surface area contributed by atoms with Crippen LogP contribution in [0.3, 0.4) is 0 Å². The van der Waals surface area contributed by atoms with E-state index in [4.69, 9.17) is 16.3 Å². The number of pyridine rings is 2. The molecule has 0 saturated heterocycles. The molecule has 1 aromatic carbocycles. The quantitative estimate of drug-likeness (QED) is 0.389. The normalized spacial score (nSPS) is 13.4. The standard InChI is InChI=1S/C22H18ClF3N6O2/c23-17-4-1-15(2-5-17)9-10-21(33,13-32-14-29-30-31-32)19-7-6-18(12-27-19)34-20-8-3-16(11-28-20)22(24,25)26/h1-8,11-12,14,33H,9-10,13H2. The van der Waals surface area contributed by atoms with Crippen molar-refractivity contribution in [2.24, 2.45) is 0 Å². The van der Waals surface area contributed by atoms with Gasteiger partial charge in [0.1, 0.15) is 17.7 Å². The van der Waals surface area contributed by atoms with Crippen LogP contribution in [0.1, 0.15) is 23.2 Å². The molecule has 3 aromatic heterocycles. The Morgan fingerprint density at radius 1 is 0.971 bits per heavy atom. The third-order valence-electron chi connectivity index (χ3n) is 5.05. The molecule has 1 unspecified atom stereocenters. The zero-order valence-electron chi connectivity index (χ0n) is 17.5. The summed E-state index contributed by atoms with van der Waals surface area (Å²) in [6.07, 6.45) is -0.195. The fourth-order valence-corrected chi connectivity index (χ4v) is 3.38. The van der Waals surface area contributed by atoms with E-state index < -0.39 is 17.3 Å². The molecule has 0 radical (unpaired) electrons. The summed E-state index contributed by atoms with van der Waals surface area (Å²) in [7, 11) is 0. The van der Waals surface area contributed by atoms with Crippen LogP contribution in [0.4, 0.5) is 13.2 Å². The molecule has 0 spiro atoms. The molecule has 0 aliphatic carbocycles. The van der Waals surface area contributed by atoms with Crippen LogP contribution in [-0.4, -0.2) is 35.3 Å². The van der Waals surface area contributed by atoms with E-state index in [2.05, 4.69) is 25.5 Å². The van der Waals surface area contributed by atoms with Crippen molar-refractivity contribution >= 4 is 11.6 Å². The molecule has 4 aromatic rings.